The van der Waals surface area contributed by atoms with E-state index in [-0.39, 0.29) is 12.0 Å². The van der Waals surface area contributed by atoms with Crippen LogP contribution in [0.5, 0.6) is 11.5 Å². The zero-order valence-corrected chi connectivity index (χ0v) is 20.0. The van der Waals surface area contributed by atoms with E-state index in [1.807, 2.05) is 60.7 Å². The van der Waals surface area contributed by atoms with Crippen LogP contribution in [0.1, 0.15) is 27.0 Å². The predicted molar refractivity (Wildman–Crippen MR) is 137 cm³/mol. The lowest BCUT2D eigenvalue weighted by Gasteiger charge is -2.18. The van der Waals surface area contributed by atoms with Gasteiger partial charge in [0.1, 0.15) is 25.1 Å². The number of hydrogen-bond donors (Lipinski definition) is 2. The van der Waals surface area contributed by atoms with Crippen molar-refractivity contribution in [1.82, 2.24) is 5.32 Å². The van der Waals surface area contributed by atoms with Crippen molar-refractivity contribution in [2.75, 3.05) is 0 Å². The van der Waals surface area contributed by atoms with Crippen LogP contribution in [0.25, 0.3) is 0 Å². The van der Waals surface area contributed by atoms with Gasteiger partial charge in [0.05, 0.1) is 5.56 Å². The van der Waals surface area contributed by atoms with Crippen molar-refractivity contribution >= 4 is 11.9 Å². The first-order chi connectivity index (χ1) is 18.0. The second kappa shape index (κ2) is 12.4. The Kier molecular flexibility index (Phi) is 8.49. The zero-order valence-electron chi connectivity index (χ0n) is 20.0. The van der Waals surface area contributed by atoms with Gasteiger partial charge in [0.15, 0.2) is 11.5 Å². The molecule has 0 aromatic heterocycles. The normalized spacial score (nSPS) is 11.4. The summed E-state index contributed by atoms with van der Waals surface area (Å²) in [6.07, 6.45) is -0.0316. The predicted octanol–water partition coefficient (Wildman–Crippen LogP) is 5.41. The third-order valence-corrected chi connectivity index (χ3v) is 5.64. The summed E-state index contributed by atoms with van der Waals surface area (Å²) in [5.74, 6) is -1.80. The summed E-state index contributed by atoms with van der Waals surface area (Å²) in [5.41, 5.74) is 2.34. The van der Waals surface area contributed by atoms with E-state index in [1.165, 1.54) is 18.2 Å². The molecule has 0 aliphatic rings. The molecule has 0 fully saturated rings. The Labute approximate surface area is 214 Å². The van der Waals surface area contributed by atoms with Crippen molar-refractivity contribution in [3.05, 3.63) is 131 Å². The maximum absolute atomic E-state index is 14.0. The zero-order chi connectivity index (χ0) is 26.0. The highest BCUT2D eigenvalue weighted by Gasteiger charge is 2.23. The fraction of sp³-hybridized carbons (Fsp3) is 0.133. The van der Waals surface area contributed by atoms with Crippen molar-refractivity contribution in [3.63, 3.8) is 0 Å². The number of halogens is 1. The van der Waals surface area contributed by atoms with Crippen LogP contribution >= 0.6 is 0 Å². The van der Waals surface area contributed by atoms with Crippen molar-refractivity contribution in [2.24, 2.45) is 0 Å². The number of carboxylic acids is 1. The highest BCUT2D eigenvalue weighted by molar-refractivity contribution is 5.96. The molecule has 0 saturated heterocycles. The molecule has 0 radical (unpaired) electrons. The SMILES string of the molecule is O=C(N[C@H](Cc1ccc(OCc2ccccc2)c(OCc2ccccc2)c1)C(=O)O)c1ccccc1F. The summed E-state index contributed by atoms with van der Waals surface area (Å²) in [4.78, 5) is 24.4. The first kappa shape index (κ1) is 25.4. The first-order valence-electron chi connectivity index (χ1n) is 11.7. The Balaban J connectivity index is 1.52. The maximum atomic E-state index is 14.0. The van der Waals surface area contributed by atoms with Gasteiger partial charge in [-0.1, -0.05) is 78.9 Å². The van der Waals surface area contributed by atoms with Crippen LogP contribution in [0.15, 0.2) is 103 Å². The minimum atomic E-state index is -1.27. The molecule has 1 atom stereocenters. The number of ether oxygens (including phenoxy) is 2. The number of carboxylic acid groups (broad SMARTS) is 1. The van der Waals surface area contributed by atoms with E-state index in [0.717, 1.165) is 17.2 Å². The van der Waals surface area contributed by atoms with E-state index in [4.69, 9.17) is 9.47 Å². The second-order valence-corrected chi connectivity index (χ2v) is 8.38. The van der Waals surface area contributed by atoms with E-state index >= 15 is 0 Å². The molecule has 0 heterocycles. The summed E-state index contributed by atoms with van der Waals surface area (Å²) in [6.45, 7) is 0.622. The van der Waals surface area contributed by atoms with Crippen molar-refractivity contribution in [2.45, 2.75) is 25.7 Å². The molecule has 188 valence electrons. The smallest absolute Gasteiger partial charge is 0.326 e. The number of carbonyl (C=O) groups excluding carboxylic acids is 1. The summed E-state index contributed by atoms with van der Waals surface area (Å²) in [5, 5.41) is 12.1. The van der Waals surface area contributed by atoms with Gasteiger partial charge in [0, 0.05) is 6.42 Å². The highest BCUT2D eigenvalue weighted by atomic mass is 19.1. The third kappa shape index (κ3) is 7.18. The van der Waals surface area contributed by atoms with Crippen molar-refractivity contribution in [1.29, 1.82) is 0 Å². The Morgan fingerprint density at radius 2 is 1.30 bits per heavy atom. The van der Waals surface area contributed by atoms with Gasteiger partial charge in [-0.25, -0.2) is 9.18 Å². The Morgan fingerprint density at radius 1 is 0.730 bits per heavy atom. The molecular formula is C30H26FNO5. The Hall–Kier alpha value is -4.65. The van der Waals surface area contributed by atoms with E-state index in [1.54, 1.807) is 18.2 Å². The summed E-state index contributed by atoms with van der Waals surface area (Å²) >= 11 is 0. The van der Waals surface area contributed by atoms with Gasteiger partial charge in [0.25, 0.3) is 5.91 Å². The van der Waals surface area contributed by atoms with Crippen molar-refractivity contribution < 1.29 is 28.6 Å². The quantitative estimate of drug-likeness (QED) is 0.288. The van der Waals surface area contributed by atoms with E-state index in [9.17, 15) is 19.1 Å². The molecule has 0 aliphatic heterocycles. The largest absolute Gasteiger partial charge is 0.485 e. The highest BCUT2D eigenvalue weighted by Crippen LogP contribution is 2.30. The van der Waals surface area contributed by atoms with Crippen LogP contribution in [0.4, 0.5) is 4.39 Å². The lowest BCUT2D eigenvalue weighted by Crippen LogP contribution is -2.42. The monoisotopic (exact) mass is 499 g/mol. The fourth-order valence-corrected chi connectivity index (χ4v) is 3.70. The molecule has 1 amide bonds. The first-order valence-corrected chi connectivity index (χ1v) is 11.7. The van der Waals surface area contributed by atoms with Crippen LogP contribution in [0, 0.1) is 5.82 Å². The van der Waals surface area contributed by atoms with Crippen LogP contribution in [0.3, 0.4) is 0 Å². The van der Waals surface area contributed by atoms with Gasteiger partial charge in [-0.15, -0.1) is 0 Å². The molecule has 0 spiro atoms. The van der Waals surface area contributed by atoms with Gasteiger partial charge in [-0.3, -0.25) is 4.79 Å². The molecule has 7 heteroatoms. The molecular weight excluding hydrogens is 473 g/mol. The van der Waals surface area contributed by atoms with Gasteiger partial charge in [-0.05, 0) is 41.0 Å². The molecule has 4 aromatic carbocycles. The van der Waals surface area contributed by atoms with Crippen molar-refractivity contribution in [3.8, 4) is 11.5 Å². The molecule has 0 aliphatic carbocycles. The second-order valence-electron chi connectivity index (χ2n) is 8.38. The lowest BCUT2D eigenvalue weighted by atomic mass is 10.0. The average Bonchev–Trinajstić information content (AvgIpc) is 2.92. The molecule has 4 aromatic rings. The minimum Gasteiger partial charge on any atom is -0.485 e. The van der Waals surface area contributed by atoms with Gasteiger partial charge in [0.2, 0.25) is 0 Å². The van der Waals surface area contributed by atoms with E-state index in [0.29, 0.717) is 30.3 Å². The molecule has 0 saturated carbocycles. The summed E-state index contributed by atoms with van der Waals surface area (Å²) < 4.78 is 26.1. The van der Waals surface area contributed by atoms with Crippen LogP contribution < -0.4 is 14.8 Å². The topological polar surface area (TPSA) is 84.9 Å². The van der Waals surface area contributed by atoms with Gasteiger partial charge in [-0.2, -0.15) is 0 Å². The number of rotatable bonds is 11. The number of hydrogen-bond acceptors (Lipinski definition) is 4. The number of benzene rings is 4. The number of amides is 1. The number of carbonyl (C=O) groups is 2. The summed E-state index contributed by atoms with van der Waals surface area (Å²) in [6, 6.07) is 28.6. The average molecular weight is 500 g/mol. The van der Waals surface area contributed by atoms with E-state index < -0.39 is 23.7 Å². The Morgan fingerprint density at radius 3 is 1.89 bits per heavy atom. The molecule has 0 unspecified atom stereocenters. The molecule has 2 N–H and O–H groups in total. The maximum Gasteiger partial charge on any atom is 0.326 e. The van der Waals surface area contributed by atoms with Crippen LogP contribution in [-0.2, 0) is 24.4 Å². The lowest BCUT2D eigenvalue weighted by molar-refractivity contribution is -0.139. The fourth-order valence-electron chi connectivity index (χ4n) is 3.70. The van der Waals surface area contributed by atoms with Gasteiger partial charge >= 0.3 is 5.97 Å². The molecule has 6 nitrogen and oxygen atoms in total. The minimum absolute atomic E-state index is 0.0316. The third-order valence-electron chi connectivity index (χ3n) is 5.64. The van der Waals surface area contributed by atoms with Crippen LogP contribution in [-0.4, -0.2) is 23.0 Å². The molecule has 0 bridgehead atoms. The number of nitrogens with one attached hydrogen (secondary N) is 1. The molecule has 4 rings (SSSR count). The summed E-state index contributed by atoms with van der Waals surface area (Å²) in [7, 11) is 0. The van der Waals surface area contributed by atoms with Gasteiger partial charge < -0.3 is 19.9 Å². The van der Waals surface area contributed by atoms with Crippen LogP contribution in [0.2, 0.25) is 0 Å². The molecule has 37 heavy (non-hydrogen) atoms. The standard InChI is InChI=1S/C30H26FNO5/c31-25-14-8-7-13-24(25)29(33)32-26(30(34)35)17-23-15-16-27(36-19-21-9-3-1-4-10-21)28(18-23)37-20-22-11-5-2-6-12-22/h1-16,18,26H,17,19-20H2,(H,32,33)(H,34,35)/t26-/m1/s1. The van der Waals surface area contributed by atoms with E-state index in [2.05, 4.69) is 5.32 Å². The Bertz CT molecular complexity index is 1340. The number of aliphatic carboxylic acids is 1.